The van der Waals surface area contributed by atoms with Crippen molar-refractivity contribution >= 4 is 5.82 Å². The van der Waals surface area contributed by atoms with Crippen molar-refractivity contribution in [1.29, 1.82) is 0 Å². The van der Waals surface area contributed by atoms with Crippen molar-refractivity contribution in [2.75, 3.05) is 5.32 Å². The Labute approximate surface area is 173 Å². The number of pyridine rings is 1. The number of hydrogen-bond donors (Lipinski definition) is 1. The number of aromatic nitrogens is 6. The van der Waals surface area contributed by atoms with E-state index in [1.54, 1.807) is 34.7 Å². The molecule has 0 atom stereocenters. The van der Waals surface area contributed by atoms with E-state index in [1.165, 1.54) is 0 Å². The van der Waals surface area contributed by atoms with Crippen LogP contribution in [-0.2, 0) is 13.7 Å². The first-order chi connectivity index (χ1) is 14.3. The summed E-state index contributed by atoms with van der Waals surface area (Å²) in [7, 11) is 1.79. The third-order valence-electron chi connectivity index (χ3n) is 5.12. The van der Waals surface area contributed by atoms with Crippen molar-refractivity contribution in [3.63, 3.8) is 0 Å². The lowest BCUT2D eigenvalue weighted by Crippen LogP contribution is -2.32. The van der Waals surface area contributed by atoms with Crippen molar-refractivity contribution in [1.82, 2.24) is 29.8 Å². The Kier molecular flexibility index (Phi) is 5.40. The van der Waals surface area contributed by atoms with Crippen LogP contribution in [0.15, 0.2) is 24.4 Å². The maximum atomic E-state index is 13.5. The van der Waals surface area contributed by atoms with Gasteiger partial charge in [-0.15, -0.1) is 5.10 Å². The van der Waals surface area contributed by atoms with E-state index in [1.807, 2.05) is 19.9 Å². The summed E-state index contributed by atoms with van der Waals surface area (Å²) in [6, 6.07) is 5.49. The van der Waals surface area contributed by atoms with Crippen LogP contribution in [0.5, 0.6) is 5.75 Å². The van der Waals surface area contributed by atoms with Crippen LogP contribution in [0.4, 0.5) is 14.6 Å². The molecule has 4 rings (SSSR count). The lowest BCUT2D eigenvalue weighted by molar-refractivity contribution is -0.0361. The first-order valence-corrected chi connectivity index (χ1v) is 9.95. The summed E-state index contributed by atoms with van der Waals surface area (Å²) in [4.78, 5) is 4.66. The van der Waals surface area contributed by atoms with Crippen LogP contribution < -0.4 is 10.1 Å². The molecule has 0 aliphatic heterocycles. The number of halogens is 2. The second kappa shape index (κ2) is 8.00. The van der Waals surface area contributed by atoms with E-state index in [4.69, 9.17) is 4.74 Å². The minimum Gasteiger partial charge on any atom is -0.487 e. The van der Waals surface area contributed by atoms with Gasteiger partial charge in [0.05, 0.1) is 11.9 Å². The Hall–Kier alpha value is -3.04. The van der Waals surface area contributed by atoms with Crippen LogP contribution in [0.3, 0.4) is 0 Å². The van der Waals surface area contributed by atoms with Gasteiger partial charge in [0.1, 0.15) is 23.9 Å². The maximum Gasteiger partial charge on any atom is 0.248 e. The van der Waals surface area contributed by atoms with E-state index >= 15 is 0 Å². The molecule has 0 radical (unpaired) electrons. The van der Waals surface area contributed by atoms with E-state index in [-0.39, 0.29) is 25.5 Å². The van der Waals surface area contributed by atoms with Gasteiger partial charge in [-0.05, 0) is 32.8 Å². The van der Waals surface area contributed by atoms with Gasteiger partial charge < -0.3 is 10.1 Å². The molecule has 0 spiro atoms. The second-order valence-corrected chi connectivity index (χ2v) is 7.83. The topological polar surface area (TPSA) is 82.7 Å². The minimum absolute atomic E-state index is 0.0549. The number of hydrogen-bond acceptors (Lipinski definition) is 6. The molecule has 1 fully saturated rings. The zero-order chi connectivity index (χ0) is 21.3. The molecule has 10 heteroatoms. The molecule has 30 heavy (non-hydrogen) atoms. The Bertz CT molecular complexity index is 1020. The summed E-state index contributed by atoms with van der Waals surface area (Å²) < 4.78 is 36.2. The molecule has 1 saturated carbocycles. The number of aryl methyl sites for hydroxylation is 3. The standard InChI is InChI=1S/C20H25F2N7O/c1-13-8-14(2)29(26-13)19-10-17(30-12-16-11-28(3)27-25-16)9-18(24-19)23-15-4-6-20(21,22)7-5-15/h8-11,15H,4-7,12H2,1-3H3,(H,23,24). The van der Waals surface area contributed by atoms with Crippen molar-refractivity contribution in [2.45, 2.75) is 58.1 Å². The van der Waals surface area contributed by atoms with Gasteiger partial charge in [0, 0.05) is 43.8 Å². The summed E-state index contributed by atoms with van der Waals surface area (Å²) in [6.07, 6.45) is 2.35. The predicted octanol–water partition coefficient (Wildman–Crippen LogP) is 3.58. The van der Waals surface area contributed by atoms with Crippen LogP contribution in [0.1, 0.15) is 42.8 Å². The van der Waals surface area contributed by atoms with E-state index in [0.29, 0.717) is 35.9 Å². The second-order valence-electron chi connectivity index (χ2n) is 7.83. The summed E-state index contributed by atoms with van der Waals surface area (Å²) in [5.41, 5.74) is 2.52. The molecule has 3 aromatic heterocycles. The van der Waals surface area contributed by atoms with Crippen LogP contribution in [0.2, 0.25) is 0 Å². The van der Waals surface area contributed by atoms with Crippen molar-refractivity contribution in [2.24, 2.45) is 7.05 Å². The highest BCUT2D eigenvalue weighted by atomic mass is 19.3. The normalized spacial score (nSPS) is 16.6. The number of alkyl halides is 2. The lowest BCUT2D eigenvalue weighted by Gasteiger charge is -2.29. The molecule has 0 unspecified atom stereocenters. The molecule has 1 aliphatic rings. The molecular weight excluding hydrogens is 392 g/mol. The molecule has 8 nitrogen and oxygen atoms in total. The molecule has 1 N–H and O–H groups in total. The zero-order valence-corrected chi connectivity index (χ0v) is 17.3. The van der Waals surface area contributed by atoms with Gasteiger partial charge >= 0.3 is 0 Å². The number of nitrogens with one attached hydrogen (secondary N) is 1. The van der Waals surface area contributed by atoms with E-state index in [0.717, 1.165) is 11.4 Å². The molecule has 0 saturated heterocycles. The van der Waals surface area contributed by atoms with Crippen LogP contribution >= 0.6 is 0 Å². The Morgan fingerprint density at radius 1 is 1.20 bits per heavy atom. The fraction of sp³-hybridized carbons (Fsp3) is 0.500. The monoisotopic (exact) mass is 417 g/mol. The largest absolute Gasteiger partial charge is 0.487 e. The molecule has 3 aromatic rings. The van der Waals surface area contributed by atoms with E-state index in [2.05, 4.69) is 25.7 Å². The van der Waals surface area contributed by atoms with Crippen molar-refractivity contribution in [3.05, 3.63) is 41.5 Å². The summed E-state index contributed by atoms with van der Waals surface area (Å²) in [5, 5.41) is 15.7. The Morgan fingerprint density at radius 2 is 1.97 bits per heavy atom. The minimum atomic E-state index is -2.57. The fourth-order valence-corrected chi connectivity index (χ4v) is 3.63. The smallest absolute Gasteiger partial charge is 0.248 e. The van der Waals surface area contributed by atoms with Crippen LogP contribution in [0.25, 0.3) is 5.82 Å². The highest BCUT2D eigenvalue weighted by Gasteiger charge is 2.35. The van der Waals surface area contributed by atoms with Gasteiger partial charge in [0.15, 0.2) is 5.82 Å². The van der Waals surface area contributed by atoms with Crippen molar-refractivity contribution < 1.29 is 13.5 Å². The molecule has 1 aliphatic carbocycles. The fourth-order valence-electron chi connectivity index (χ4n) is 3.63. The third kappa shape index (κ3) is 4.74. The molecule has 0 bridgehead atoms. The highest BCUT2D eigenvalue weighted by Crippen LogP contribution is 2.34. The summed E-state index contributed by atoms with van der Waals surface area (Å²) in [5.74, 6) is -0.811. The van der Waals surface area contributed by atoms with Gasteiger partial charge in [-0.3, -0.25) is 4.68 Å². The van der Waals surface area contributed by atoms with Gasteiger partial charge in [-0.25, -0.2) is 18.4 Å². The van der Waals surface area contributed by atoms with Crippen LogP contribution in [-0.4, -0.2) is 41.7 Å². The van der Waals surface area contributed by atoms with Gasteiger partial charge in [-0.1, -0.05) is 5.21 Å². The number of rotatable bonds is 6. The summed E-state index contributed by atoms with van der Waals surface area (Å²) in [6.45, 7) is 4.12. The first kappa shape index (κ1) is 20.2. The molecular formula is C20H25F2N7O. The number of anilines is 1. The zero-order valence-electron chi connectivity index (χ0n) is 17.3. The summed E-state index contributed by atoms with van der Waals surface area (Å²) >= 11 is 0. The van der Waals surface area contributed by atoms with E-state index in [9.17, 15) is 8.78 Å². The van der Waals surface area contributed by atoms with Gasteiger partial charge in [0.25, 0.3) is 0 Å². The molecule has 0 amide bonds. The SMILES string of the molecule is Cc1cc(C)n(-c2cc(OCc3cn(C)nn3)cc(NC3CCC(F)(F)CC3)n2)n1. The molecule has 3 heterocycles. The Balaban J connectivity index is 1.58. The van der Waals surface area contributed by atoms with Crippen molar-refractivity contribution in [3.8, 4) is 11.6 Å². The number of ether oxygens (including phenoxy) is 1. The van der Waals surface area contributed by atoms with Gasteiger partial charge in [0.2, 0.25) is 5.92 Å². The molecule has 160 valence electrons. The quantitative estimate of drug-likeness (QED) is 0.660. The van der Waals surface area contributed by atoms with Crippen LogP contribution in [0, 0.1) is 13.8 Å². The average Bonchev–Trinajstić information content (AvgIpc) is 3.26. The maximum absolute atomic E-state index is 13.5. The Morgan fingerprint density at radius 3 is 2.60 bits per heavy atom. The number of nitrogens with zero attached hydrogens (tertiary/aromatic N) is 6. The third-order valence-corrected chi connectivity index (χ3v) is 5.12. The average molecular weight is 417 g/mol. The van der Waals surface area contributed by atoms with E-state index < -0.39 is 5.92 Å². The predicted molar refractivity (Wildman–Crippen MR) is 107 cm³/mol. The molecule has 0 aromatic carbocycles. The lowest BCUT2D eigenvalue weighted by atomic mass is 9.92. The highest BCUT2D eigenvalue weighted by molar-refractivity contribution is 5.48. The first-order valence-electron chi connectivity index (χ1n) is 9.95. The van der Waals surface area contributed by atoms with Gasteiger partial charge in [-0.2, -0.15) is 5.10 Å².